The lowest BCUT2D eigenvalue weighted by Crippen LogP contribution is -2.32. The highest BCUT2D eigenvalue weighted by molar-refractivity contribution is 5.40. The van der Waals surface area contributed by atoms with E-state index in [1.165, 1.54) is 31.5 Å². The van der Waals surface area contributed by atoms with Gasteiger partial charge in [0.05, 0.1) is 31.8 Å². The fourth-order valence-corrected chi connectivity index (χ4v) is 4.42. The Bertz CT molecular complexity index is 1070. The first-order valence-electron chi connectivity index (χ1n) is 12.0. The molecular weight excluding hydrogens is 430 g/mol. The predicted octanol–water partition coefficient (Wildman–Crippen LogP) is 4.10. The summed E-state index contributed by atoms with van der Waals surface area (Å²) in [5.41, 5.74) is 2.30. The third-order valence-electron chi connectivity index (χ3n) is 6.28. The number of hydrogen-bond acceptors (Lipinski definition) is 8. The number of anilines is 1. The average molecular weight is 462 g/mol. The Morgan fingerprint density at radius 3 is 2.41 bits per heavy atom. The predicted molar refractivity (Wildman–Crippen MR) is 130 cm³/mol. The fraction of sp³-hybridized carbons (Fsp3) is 0.423. The van der Waals surface area contributed by atoms with Crippen LogP contribution in [0.25, 0.3) is 0 Å². The van der Waals surface area contributed by atoms with Crippen LogP contribution in [0.4, 0.5) is 5.95 Å². The van der Waals surface area contributed by atoms with Crippen molar-refractivity contribution in [2.75, 3.05) is 44.8 Å². The smallest absolute Gasteiger partial charge is 0.225 e. The molecule has 1 saturated heterocycles. The Hall–Kier alpha value is -3.39. The van der Waals surface area contributed by atoms with Crippen LogP contribution >= 0.6 is 0 Å². The summed E-state index contributed by atoms with van der Waals surface area (Å²) in [5, 5.41) is 0. The Morgan fingerprint density at radius 1 is 0.882 bits per heavy atom. The molecule has 178 valence electrons. The normalized spacial score (nSPS) is 15.7. The van der Waals surface area contributed by atoms with Gasteiger partial charge in [0.2, 0.25) is 11.8 Å². The molecule has 0 spiro atoms. The van der Waals surface area contributed by atoms with E-state index >= 15 is 0 Å². The molecule has 0 unspecified atom stereocenters. The van der Waals surface area contributed by atoms with Crippen molar-refractivity contribution in [3.8, 4) is 23.1 Å². The number of fused-ring (bicyclic) bond motifs is 1. The summed E-state index contributed by atoms with van der Waals surface area (Å²) in [7, 11) is 1.64. The first kappa shape index (κ1) is 22.4. The SMILES string of the molecule is COc1ccc(Oc2cnc(N3CCc4nc(OCCCN5CCCC5)ccc4C3)nc2)cc1. The van der Waals surface area contributed by atoms with Gasteiger partial charge in [-0.1, -0.05) is 6.07 Å². The number of ether oxygens (including phenoxy) is 3. The molecule has 2 aliphatic rings. The Morgan fingerprint density at radius 2 is 1.65 bits per heavy atom. The van der Waals surface area contributed by atoms with Crippen LogP contribution in [0.2, 0.25) is 0 Å². The first-order chi connectivity index (χ1) is 16.8. The lowest BCUT2D eigenvalue weighted by molar-refractivity contribution is 0.256. The van der Waals surface area contributed by atoms with Gasteiger partial charge in [-0.15, -0.1) is 0 Å². The molecule has 34 heavy (non-hydrogen) atoms. The maximum Gasteiger partial charge on any atom is 0.225 e. The van der Waals surface area contributed by atoms with Crippen molar-refractivity contribution in [2.24, 2.45) is 0 Å². The second-order valence-electron chi connectivity index (χ2n) is 8.67. The molecule has 3 aromatic rings. The Kier molecular flexibility index (Phi) is 7.05. The summed E-state index contributed by atoms with van der Waals surface area (Å²) in [5.74, 6) is 3.51. The van der Waals surface area contributed by atoms with Crippen LogP contribution in [0.15, 0.2) is 48.8 Å². The largest absolute Gasteiger partial charge is 0.497 e. The van der Waals surface area contributed by atoms with Gasteiger partial charge in [0, 0.05) is 32.1 Å². The third kappa shape index (κ3) is 5.56. The van der Waals surface area contributed by atoms with Gasteiger partial charge in [0.15, 0.2) is 5.75 Å². The van der Waals surface area contributed by atoms with Crippen LogP contribution in [-0.2, 0) is 13.0 Å². The van der Waals surface area contributed by atoms with Crippen LogP contribution in [0.3, 0.4) is 0 Å². The van der Waals surface area contributed by atoms with Gasteiger partial charge in [-0.2, -0.15) is 0 Å². The molecule has 4 heterocycles. The van der Waals surface area contributed by atoms with E-state index in [-0.39, 0.29) is 0 Å². The topological polar surface area (TPSA) is 72.8 Å². The Balaban J connectivity index is 1.13. The zero-order valence-corrected chi connectivity index (χ0v) is 19.7. The number of pyridine rings is 1. The lowest BCUT2D eigenvalue weighted by Gasteiger charge is -2.28. The fourth-order valence-electron chi connectivity index (χ4n) is 4.42. The zero-order chi connectivity index (χ0) is 23.2. The van der Waals surface area contributed by atoms with Gasteiger partial charge < -0.3 is 24.0 Å². The van der Waals surface area contributed by atoms with Crippen LogP contribution < -0.4 is 19.1 Å². The highest BCUT2D eigenvalue weighted by Crippen LogP contribution is 2.26. The van der Waals surface area contributed by atoms with Crippen molar-refractivity contribution in [3.63, 3.8) is 0 Å². The van der Waals surface area contributed by atoms with Crippen molar-refractivity contribution < 1.29 is 14.2 Å². The van der Waals surface area contributed by atoms with E-state index in [0.717, 1.165) is 49.8 Å². The van der Waals surface area contributed by atoms with Gasteiger partial charge in [-0.3, -0.25) is 0 Å². The minimum absolute atomic E-state index is 0.597. The van der Waals surface area contributed by atoms with Crippen molar-refractivity contribution in [1.29, 1.82) is 0 Å². The van der Waals surface area contributed by atoms with Crippen molar-refractivity contribution in [3.05, 3.63) is 60.0 Å². The van der Waals surface area contributed by atoms with Gasteiger partial charge in [-0.25, -0.2) is 15.0 Å². The minimum atomic E-state index is 0.597. The second kappa shape index (κ2) is 10.7. The molecule has 0 saturated carbocycles. The molecule has 0 amide bonds. The van der Waals surface area contributed by atoms with E-state index in [0.29, 0.717) is 24.1 Å². The first-order valence-corrected chi connectivity index (χ1v) is 12.0. The van der Waals surface area contributed by atoms with Gasteiger partial charge in [0.25, 0.3) is 0 Å². The number of methoxy groups -OCH3 is 1. The number of nitrogens with zero attached hydrogens (tertiary/aromatic N) is 5. The molecule has 0 radical (unpaired) electrons. The highest BCUT2D eigenvalue weighted by Gasteiger charge is 2.20. The molecule has 2 aromatic heterocycles. The molecule has 0 bridgehead atoms. The molecule has 0 atom stereocenters. The molecule has 8 nitrogen and oxygen atoms in total. The van der Waals surface area contributed by atoms with Crippen LogP contribution in [0, 0.1) is 0 Å². The van der Waals surface area contributed by atoms with Crippen LogP contribution in [-0.4, -0.2) is 59.7 Å². The third-order valence-corrected chi connectivity index (χ3v) is 6.28. The lowest BCUT2D eigenvalue weighted by atomic mass is 10.1. The van der Waals surface area contributed by atoms with E-state index < -0.39 is 0 Å². The summed E-state index contributed by atoms with van der Waals surface area (Å²) in [6.07, 6.45) is 7.96. The van der Waals surface area contributed by atoms with Crippen molar-refractivity contribution >= 4 is 5.95 Å². The zero-order valence-electron chi connectivity index (χ0n) is 19.7. The summed E-state index contributed by atoms with van der Waals surface area (Å²) >= 11 is 0. The summed E-state index contributed by atoms with van der Waals surface area (Å²) < 4.78 is 16.9. The van der Waals surface area contributed by atoms with E-state index in [9.17, 15) is 0 Å². The van der Waals surface area contributed by atoms with E-state index in [1.807, 2.05) is 30.3 Å². The standard InChI is InChI=1S/C26H31N5O3/c1-32-21-6-8-22(9-7-21)34-23-17-27-26(28-18-23)31-15-11-24-20(19-31)5-10-25(29-24)33-16-4-14-30-12-2-3-13-30/h5-10,17-18H,2-4,11-16,19H2,1H3. The Labute approximate surface area is 200 Å². The summed E-state index contributed by atoms with van der Waals surface area (Å²) in [6.45, 7) is 5.84. The molecule has 2 aliphatic heterocycles. The summed E-state index contributed by atoms with van der Waals surface area (Å²) in [6, 6.07) is 11.5. The van der Waals surface area contributed by atoms with Gasteiger partial charge >= 0.3 is 0 Å². The van der Waals surface area contributed by atoms with E-state index in [4.69, 9.17) is 19.2 Å². The van der Waals surface area contributed by atoms with E-state index in [1.54, 1.807) is 19.5 Å². The van der Waals surface area contributed by atoms with Crippen molar-refractivity contribution in [2.45, 2.75) is 32.2 Å². The number of likely N-dealkylation sites (tertiary alicyclic amines) is 1. The minimum Gasteiger partial charge on any atom is -0.497 e. The number of aromatic nitrogens is 3. The molecule has 5 rings (SSSR count). The van der Waals surface area contributed by atoms with Crippen molar-refractivity contribution in [1.82, 2.24) is 19.9 Å². The van der Waals surface area contributed by atoms with Crippen LogP contribution in [0.5, 0.6) is 23.1 Å². The second-order valence-corrected chi connectivity index (χ2v) is 8.67. The highest BCUT2D eigenvalue weighted by atomic mass is 16.5. The summed E-state index contributed by atoms with van der Waals surface area (Å²) in [4.78, 5) is 18.5. The molecule has 0 N–H and O–H groups in total. The molecule has 1 fully saturated rings. The molecular formula is C26H31N5O3. The van der Waals surface area contributed by atoms with E-state index in [2.05, 4.69) is 25.8 Å². The molecule has 1 aromatic carbocycles. The monoisotopic (exact) mass is 461 g/mol. The van der Waals surface area contributed by atoms with Crippen LogP contribution in [0.1, 0.15) is 30.5 Å². The number of hydrogen-bond donors (Lipinski definition) is 0. The quantitative estimate of drug-likeness (QED) is 0.441. The number of rotatable bonds is 9. The van der Waals surface area contributed by atoms with Gasteiger partial charge in [-0.05, 0) is 62.2 Å². The maximum absolute atomic E-state index is 5.92. The molecule has 8 heteroatoms. The van der Waals surface area contributed by atoms with Gasteiger partial charge in [0.1, 0.15) is 11.5 Å². The maximum atomic E-state index is 5.92. The molecule has 0 aliphatic carbocycles. The number of benzene rings is 1. The average Bonchev–Trinajstić information content (AvgIpc) is 3.41.